The van der Waals surface area contributed by atoms with Gasteiger partial charge in [-0.25, -0.2) is 4.68 Å². The first kappa shape index (κ1) is 22.8. The van der Waals surface area contributed by atoms with E-state index in [0.29, 0.717) is 6.54 Å². The smallest absolute Gasteiger partial charge is 0.350 e. The first-order valence-corrected chi connectivity index (χ1v) is 10.3. The Morgan fingerprint density at radius 1 is 0.912 bits per heavy atom. The van der Waals surface area contributed by atoms with Gasteiger partial charge in [0.1, 0.15) is 5.56 Å². The topological polar surface area (TPSA) is 81.0 Å². The highest BCUT2D eigenvalue weighted by atomic mass is 19.4. The Bertz CT molecular complexity index is 1280. The molecule has 0 atom stereocenters. The molecule has 0 radical (unpaired) electrons. The molecule has 0 fully saturated rings. The Labute approximate surface area is 192 Å². The van der Waals surface area contributed by atoms with Gasteiger partial charge >= 0.3 is 6.18 Å². The van der Waals surface area contributed by atoms with E-state index < -0.39 is 17.6 Å². The molecular weight excluding hydrogens is 447 g/mol. The lowest BCUT2D eigenvalue weighted by Crippen LogP contribution is -2.36. The Hall–Kier alpha value is -4.34. The summed E-state index contributed by atoms with van der Waals surface area (Å²) in [6, 6.07) is 17.4. The van der Waals surface area contributed by atoms with Crippen LogP contribution >= 0.6 is 0 Å². The summed E-state index contributed by atoms with van der Waals surface area (Å²) in [5, 5.41) is 9.41. The first-order valence-electron chi connectivity index (χ1n) is 10.3. The molecule has 7 nitrogen and oxygen atoms in total. The van der Waals surface area contributed by atoms with Gasteiger partial charge in [-0.3, -0.25) is 9.59 Å². The molecule has 174 valence electrons. The maximum Gasteiger partial charge on any atom is 0.416 e. The largest absolute Gasteiger partial charge is 0.416 e. The maximum atomic E-state index is 13.2. The molecule has 34 heavy (non-hydrogen) atoms. The van der Waals surface area contributed by atoms with Crippen molar-refractivity contribution in [3.05, 3.63) is 102 Å². The summed E-state index contributed by atoms with van der Waals surface area (Å²) in [5.41, 5.74) is 0.321. The highest BCUT2D eigenvalue weighted by molar-refractivity contribution is 5.99. The van der Waals surface area contributed by atoms with Crippen LogP contribution in [0.2, 0.25) is 0 Å². The van der Waals surface area contributed by atoms with E-state index in [1.54, 1.807) is 29.1 Å². The molecule has 2 heterocycles. The van der Waals surface area contributed by atoms with Gasteiger partial charge < -0.3 is 15.2 Å². The monoisotopic (exact) mass is 467 g/mol. The second kappa shape index (κ2) is 9.65. The van der Waals surface area contributed by atoms with Crippen LogP contribution in [0, 0.1) is 0 Å². The predicted octanol–water partition coefficient (Wildman–Crippen LogP) is 3.73. The number of carbonyl (C=O) groups is 2. The third kappa shape index (κ3) is 5.17. The van der Waals surface area contributed by atoms with Gasteiger partial charge in [0, 0.05) is 18.9 Å². The van der Waals surface area contributed by atoms with Crippen molar-refractivity contribution in [3.63, 3.8) is 0 Å². The van der Waals surface area contributed by atoms with Crippen molar-refractivity contribution in [1.29, 1.82) is 0 Å². The number of rotatable bonds is 7. The van der Waals surface area contributed by atoms with E-state index in [4.69, 9.17) is 0 Å². The minimum Gasteiger partial charge on any atom is -0.350 e. The van der Waals surface area contributed by atoms with Gasteiger partial charge in [-0.2, -0.15) is 18.3 Å². The van der Waals surface area contributed by atoms with Gasteiger partial charge in [-0.05, 0) is 35.9 Å². The lowest BCUT2D eigenvalue weighted by atomic mass is 10.2. The van der Waals surface area contributed by atoms with Gasteiger partial charge in [-0.1, -0.05) is 36.4 Å². The number of amides is 2. The van der Waals surface area contributed by atoms with Crippen molar-refractivity contribution in [3.8, 4) is 11.5 Å². The minimum atomic E-state index is -4.52. The fraction of sp³-hybridized carbons (Fsp3) is 0.125. The molecule has 2 amide bonds. The molecule has 0 saturated carbocycles. The number of nitrogens with one attached hydrogen (secondary N) is 2. The van der Waals surface area contributed by atoms with E-state index in [9.17, 15) is 22.8 Å². The van der Waals surface area contributed by atoms with Crippen LogP contribution in [0.4, 0.5) is 13.2 Å². The number of carbonyl (C=O) groups excluding carboxylic acids is 2. The molecule has 0 bridgehead atoms. The van der Waals surface area contributed by atoms with Crippen LogP contribution < -0.4 is 10.6 Å². The minimum absolute atomic E-state index is 0.101. The molecule has 4 rings (SSSR count). The van der Waals surface area contributed by atoms with Crippen LogP contribution in [0.25, 0.3) is 11.5 Å². The van der Waals surface area contributed by atoms with Crippen molar-refractivity contribution >= 4 is 11.8 Å². The van der Waals surface area contributed by atoms with Crippen LogP contribution in [0.1, 0.15) is 21.5 Å². The summed E-state index contributed by atoms with van der Waals surface area (Å²) in [6.07, 6.45) is 0.0197. The molecule has 4 aromatic rings. The maximum absolute atomic E-state index is 13.2. The quantitative estimate of drug-likeness (QED) is 0.435. The van der Waals surface area contributed by atoms with Gasteiger partial charge in [0.15, 0.2) is 5.82 Å². The fourth-order valence-electron chi connectivity index (χ4n) is 3.34. The highest BCUT2D eigenvalue weighted by Gasteiger charge is 2.31. The Kier molecular flexibility index (Phi) is 6.48. The Balaban J connectivity index is 1.54. The van der Waals surface area contributed by atoms with Crippen LogP contribution in [-0.4, -0.2) is 32.7 Å². The molecule has 0 aliphatic heterocycles. The van der Waals surface area contributed by atoms with Crippen molar-refractivity contribution < 1.29 is 22.8 Å². The number of benzene rings is 2. The normalized spacial score (nSPS) is 11.3. The van der Waals surface area contributed by atoms with Gasteiger partial charge in [0.2, 0.25) is 5.91 Å². The molecular formula is C24H20F3N5O2. The number of nitrogens with zero attached hydrogens (tertiary/aromatic N) is 3. The van der Waals surface area contributed by atoms with Gasteiger partial charge in [0.25, 0.3) is 5.91 Å². The van der Waals surface area contributed by atoms with E-state index >= 15 is 0 Å². The Morgan fingerprint density at radius 3 is 2.35 bits per heavy atom. The standard InChI is InChI=1S/C24H20F3N5O2/c25-24(26,27)18-9-6-10-19(13-18)32-23(31-11-4-5-12-31)20(15-30-32)22(34)29-16-21(33)28-14-17-7-2-1-3-8-17/h1-13,15H,14,16H2,(H,28,33)(H,29,34). The molecule has 10 heteroatoms. The highest BCUT2D eigenvalue weighted by Crippen LogP contribution is 2.31. The number of halogens is 3. The zero-order chi connectivity index (χ0) is 24.1. The second-order valence-electron chi connectivity index (χ2n) is 7.38. The van der Waals surface area contributed by atoms with Crippen LogP contribution in [0.5, 0.6) is 0 Å². The molecule has 0 spiro atoms. The summed E-state index contributed by atoms with van der Waals surface area (Å²) in [6.45, 7) is 0.0448. The third-order valence-corrected chi connectivity index (χ3v) is 5.00. The van der Waals surface area contributed by atoms with Crippen molar-refractivity contribution in [1.82, 2.24) is 25.0 Å². The molecule has 2 N–H and O–H groups in total. The molecule has 0 aliphatic rings. The van der Waals surface area contributed by atoms with Crippen molar-refractivity contribution in [2.24, 2.45) is 0 Å². The number of aromatic nitrogens is 3. The summed E-state index contributed by atoms with van der Waals surface area (Å²) < 4.78 is 42.4. The van der Waals surface area contributed by atoms with E-state index in [2.05, 4.69) is 15.7 Å². The summed E-state index contributed by atoms with van der Waals surface area (Å²) in [7, 11) is 0. The van der Waals surface area contributed by atoms with E-state index in [0.717, 1.165) is 17.7 Å². The van der Waals surface area contributed by atoms with Gasteiger partial charge in [-0.15, -0.1) is 0 Å². The number of hydrogen-bond donors (Lipinski definition) is 2. The number of hydrogen-bond acceptors (Lipinski definition) is 3. The lowest BCUT2D eigenvalue weighted by molar-refractivity contribution is -0.137. The van der Waals surface area contributed by atoms with Crippen LogP contribution in [0.3, 0.4) is 0 Å². The Morgan fingerprint density at radius 2 is 1.65 bits per heavy atom. The number of alkyl halides is 3. The van der Waals surface area contributed by atoms with E-state index in [-0.39, 0.29) is 29.5 Å². The van der Waals surface area contributed by atoms with Crippen molar-refractivity contribution in [2.45, 2.75) is 12.7 Å². The van der Waals surface area contributed by atoms with Crippen LogP contribution in [0.15, 0.2) is 85.3 Å². The molecule has 0 unspecified atom stereocenters. The molecule has 0 saturated heterocycles. The third-order valence-electron chi connectivity index (χ3n) is 5.00. The van der Waals surface area contributed by atoms with E-state index in [1.165, 1.54) is 23.0 Å². The zero-order valence-corrected chi connectivity index (χ0v) is 17.8. The predicted molar refractivity (Wildman–Crippen MR) is 119 cm³/mol. The van der Waals surface area contributed by atoms with Crippen LogP contribution in [-0.2, 0) is 17.5 Å². The molecule has 2 aromatic carbocycles. The summed E-state index contributed by atoms with van der Waals surface area (Å²) in [5.74, 6) is -0.728. The SMILES string of the molecule is O=C(CNC(=O)c1cnn(-c2cccc(C(F)(F)F)c2)c1-n1cccc1)NCc1ccccc1. The zero-order valence-electron chi connectivity index (χ0n) is 17.8. The summed E-state index contributed by atoms with van der Waals surface area (Å²) in [4.78, 5) is 25.0. The lowest BCUT2D eigenvalue weighted by Gasteiger charge is -2.13. The fourth-order valence-corrected chi connectivity index (χ4v) is 3.34. The van der Waals surface area contributed by atoms with Gasteiger partial charge in [0.05, 0.1) is 24.0 Å². The van der Waals surface area contributed by atoms with Crippen molar-refractivity contribution in [2.75, 3.05) is 6.54 Å². The second-order valence-corrected chi connectivity index (χ2v) is 7.38. The van der Waals surface area contributed by atoms with E-state index in [1.807, 2.05) is 30.3 Å². The average molecular weight is 467 g/mol. The first-order chi connectivity index (χ1) is 16.3. The molecule has 2 aromatic heterocycles. The average Bonchev–Trinajstić information content (AvgIpc) is 3.51. The summed E-state index contributed by atoms with van der Waals surface area (Å²) >= 11 is 0. The molecule has 0 aliphatic carbocycles.